The van der Waals surface area contributed by atoms with Crippen LogP contribution in [-0.4, -0.2) is 24.9 Å². The van der Waals surface area contributed by atoms with E-state index in [9.17, 15) is 4.79 Å². The second-order valence-corrected chi connectivity index (χ2v) is 4.79. The Labute approximate surface area is 152 Å². The molecule has 0 aliphatic carbocycles. The zero-order valence-corrected chi connectivity index (χ0v) is 13.7. The van der Waals surface area contributed by atoms with Gasteiger partial charge in [0.15, 0.2) is 0 Å². The van der Waals surface area contributed by atoms with Gasteiger partial charge in [0.05, 0.1) is 22.3 Å². The lowest BCUT2D eigenvalue weighted by atomic mass is 9.98. The van der Waals surface area contributed by atoms with E-state index in [0.717, 1.165) is 12.3 Å². The number of methoxy groups -OCH3 is 1. The Balaban J connectivity index is 2.37. The van der Waals surface area contributed by atoms with Crippen molar-refractivity contribution in [2.45, 2.75) is 25.6 Å². The highest BCUT2D eigenvalue weighted by Gasteiger charge is 2.17. The van der Waals surface area contributed by atoms with Crippen LogP contribution in [0.1, 0.15) is 43.5 Å². The number of alkyl halides is 1. The van der Waals surface area contributed by atoms with Crippen LogP contribution in [0.15, 0.2) is 36.4 Å². The third kappa shape index (κ3) is 4.23. The minimum atomic E-state index is -3.60. The van der Waals surface area contributed by atoms with Crippen LogP contribution in [-0.2, 0) is 9.53 Å². The Kier molecular flexibility index (Phi) is 3.10. The molecule has 0 saturated heterocycles. The first-order chi connectivity index (χ1) is 13.9. The molecular weight excluding hydrogens is 344 g/mol. The van der Waals surface area contributed by atoms with Crippen molar-refractivity contribution in [3.05, 3.63) is 42.0 Å². The molecule has 0 aliphatic rings. The monoisotopic (exact) mass is 373 g/mol. The molecule has 2 rings (SSSR count). The SMILES string of the molecule is [2H]C(C)(C(=O)OC([2H])([2H])C([2H])([2H])C([2H])([2H])C([2H])([2H])Br)c1ccc2cc(OC)ccc2c1. The second-order valence-electron chi connectivity index (χ2n) is 4.39. The fourth-order valence-corrected chi connectivity index (χ4v) is 2.00. The van der Waals surface area contributed by atoms with Gasteiger partial charge in [-0.3, -0.25) is 4.79 Å². The molecule has 22 heavy (non-hydrogen) atoms. The van der Waals surface area contributed by atoms with Crippen molar-refractivity contribution in [3.63, 3.8) is 0 Å². The number of fused-ring (bicyclic) bond motifs is 1. The predicted molar refractivity (Wildman–Crippen MR) is 92.9 cm³/mol. The van der Waals surface area contributed by atoms with Gasteiger partial charge in [0, 0.05) is 14.9 Å². The molecule has 4 heteroatoms. The lowest BCUT2D eigenvalue weighted by Crippen LogP contribution is -2.14. The molecule has 0 saturated carbocycles. The summed E-state index contributed by atoms with van der Waals surface area (Å²) in [5, 5.41) is -1.52. The molecule has 3 nitrogen and oxygen atoms in total. The van der Waals surface area contributed by atoms with Crippen molar-refractivity contribution >= 4 is 32.7 Å². The molecule has 0 heterocycles. The number of hydrogen-bond donors (Lipinski definition) is 0. The van der Waals surface area contributed by atoms with Crippen molar-refractivity contribution in [1.82, 2.24) is 0 Å². The Morgan fingerprint density at radius 3 is 2.73 bits per heavy atom. The standard InChI is InChI=1S/C18H21BrO3/c1-13(18(20)22-10-4-3-9-19)14-5-6-16-12-17(21-2)8-7-15(16)11-14/h5-8,11-13H,3-4,9-10H2,1-2H3/i3D2,4D2,9D2,10D2,13D. The number of rotatable bonds is 7. The molecular formula is C18H21BrO3. The van der Waals surface area contributed by atoms with E-state index in [1.807, 2.05) is 0 Å². The highest BCUT2D eigenvalue weighted by atomic mass is 79.9. The van der Waals surface area contributed by atoms with Gasteiger partial charge in [-0.1, -0.05) is 40.2 Å². The van der Waals surface area contributed by atoms with Crippen LogP contribution < -0.4 is 4.74 Å². The van der Waals surface area contributed by atoms with Crippen molar-refractivity contribution < 1.29 is 26.6 Å². The minimum absolute atomic E-state index is 0.144. The normalized spacial score (nSPS) is 22.2. The number of hydrogen-bond acceptors (Lipinski definition) is 3. The summed E-state index contributed by atoms with van der Waals surface area (Å²) in [7, 11) is 1.52. The first-order valence-corrected chi connectivity index (χ1v) is 7.18. The zero-order valence-electron chi connectivity index (χ0n) is 21.1. The third-order valence-corrected chi connectivity index (χ3v) is 3.29. The van der Waals surface area contributed by atoms with E-state index in [0.29, 0.717) is 11.1 Å². The van der Waals surface area contributed by atoms with E-state index in [1.54, 1.807) is 24.3 Å². The van der Waals surface area contributed by atoms with Gasteiger partial charge in [-0.2, -0.15) is 0 Å². The molecule has 118 valence electrons. The maximum atomic E-state index is 12.7. The molecule has 0 N–H and O–H groups in total. The van der Waals surface area contributed by atoms with Crippen LogP contribution in [0.3, 0.4) is 0 Å². The van der Waals surface area contributed by atoms with Crippen LogP contribution >= 0.6 is 15.9 Å². The average molecular weight is 374 g/mol. The van der Waals surface area contributed by atoms with Crippen LogP contribution in [0.4, 0.5) is 0 Å². The maximum absolute atomic E-state index is 12.7. The van der Waals surface area contributed by atoms with Crippen LogP contribution in [0, 0.1) is 0 Å². The number of carbonyl (C=O) groups is 1. The number of benzene rings is 2. The summed E-state index contributed by atoms with van der Waals surface area (Å²) in [6, 6.07) is 9.79. The lowest BCUT2D eigenvalue weighted by Gasteiger charge is -2.13. The van der Waals surface area contributed by atoms with Crippen LogP contribution in [0.5, 0.6) is 5.75 Å². The molecule has 0 aromatic heterocycles. The fraction of sp³-hybridized carbons (Fsp3) is 0.389. The number of carbonyl (C=O) groups excluding carboxylic acids is 1. The quantitative estimate of drug-likeness (QED) is 0.522. The van der Waals surface area contributed by atoms with E-state index >= 15 is 0 Å². The molecule has 1 atom stereocenters. The smallest absolute Gasteiger partial charge is 0.313 e. The van der Waals surface area contributed by atoms with Gasteiger partial charge >= 0.3 is 5.97 Å². The van der Waals surface area contributed by atoms with Crippen molar-refractivity contribution in [2.75, 3.05) is 19.0 Å². The summed E-state index contributed by atoms with van der Waals surface area (Å²) in [6.45, 7) is -2.44. The van der Waals surface area contributed by atoms with Crippen molar-refractivity contribution in [1.29, 1.82) is 0 Å². The van der Waals surface area contributed by atoms with Gasteiger partial charge in [-0.25, -0.2) is 0 Å². The molecule has 0 aliphatic heterocycles. The van der Waals surface area contributed by atoms with Gasteiger partial charge in [0.2, 0.25) is 0 Å². The summed E-state index contributed by atoms with van der Waals surface area (Å²) in [5.74, 6) is -3.00. The molecule has 0 radical (unpaired) electrons. The highest BCUT2D eigenvalue weighted by molar-refractivity contribution is 9.09. The topological polar surface area (TPSA) is 35.5 Å². The van der Waals surface area contributed by atoms with Crippen molar-refractivity contribution in [3.8, 4) is 5.75 Å². The summed E-state index contributed by atoms with van der Waals surface area (Å²) in [6.07, 6.45) is -7.02. The first kappa shape index (κ1) is 8.34. The van der Waals surface area contributed by atoms with E-state index in [4.69, 9.17) is 17.1 Å². The van der Waals surface area contributed by atoms with Gasteiger partial charge in [0.25, 0.3) is 0 Å². The maximum Gasteiger partial charge on any atom is 0.313 e. The molecule has 0 bridgehead atoms. The van der Waals surface area contributed by atoms with E-state index < -0.39 is 36.5 Å². The number of halogens is 1. The molecule has 2 aromatic carbocycles. The molecule has 0 fully saturated rings. The summed E-state index contributed by atoms with van der Waals surface area (Å²) in [5.41, 5.74) is 0.144. The van der Waals surface area contributed by atoms with Gasteiger partial charge in [-0.15, -0.1) is 0 Å². The van der Waals surface area contributed by atoms with Gasteiger partial charge in [0.1, 0.15) is 5.75 Å². The second kappa shape index (κ2) is 8.18. The lowest BCUT2D eigenvalue weighted by molar-refractivity contribution is -0.145. The third-order valence-electron chi connectivity index (χ3n) is 3.09. The first-order valence-electron chi connectivity index (χ1n) is 10.9. The zero-order chi connectivity index (χ0) is 24.0. The van der Waals surface area contributed by atoms with Crippen LogP contribution in [0.25, 0.3) is 10.8 Å². The number of ether oxygens (including phenoxy) is 2. The Morgan fingerprint density at radius 2 is 2.00 bits per heavy atom. The van der Waals surface area contributed by atoms with Gasteiger partial charge in [-0.05, 0) is 48.1 Å². The summed E-state index contributed by atoms with van der Waals surface area (Å²) < 4.78 is 79.8. The highest BCUT2D eigenvalue weighted by Crippen LogP contribution is 2.25. The Hall–Kier alpha value is -1.55. The molecule has 0 amide bonds. The van der Waals surface area contributed by atoms with E-state index in [-0.39, 0.29) is 5.56 Å². The average Bonchev–Trinajstić information content (AvgIpc) is 2.65. The molecule has 1 unspecified atom stereocenters. The summed E-state index contributed by atoms with van der Waals surface area (Å²) in [4.78, 5) is 12.7. The predicted octanol–water partition coefficient (Wildman–Crippen LogP) is 4.67. The Morgan fingerprint density at radius 1 is 1.27 bits per heavy atom. The largest absolute Gasteiger partial charge is 0.497 e. The van der Waals surface area contributed by atoms with Crippen LogP contribution in [0.2, 0.25) is 0 Å². The minimum Gasteiger partial charge on any atom is -0.497 e. The van der Waals surface area contributed by atoms with Crippen molar-refractivity contribution in [2.24, 2.45) is 0 Å². The van der Waals surface area contributed by atoms with Gasteiger partial charge < -0.3 is 9.47 Å². The van der Waals surface area contributed by atoms with E-state index in [1.165, 1.54) is 19.2 Å². The number of esters is 1. The van der Waals surface area contributed by atoms with E-state index in [2.05, 4.69) is 20.7 Å². The Bertz CT molecular complexity index is 987. The fourth-order valence-electron chi connectivity index (χ4n) is 1.90. The molecule has 2 aromatic rings. The summed E-state index contributed by atoms with van der Waals surface area (Å²) >= 11 is 2.37. The molecule has 0 spiro atoms.